The SMILES string of the molecule is Cc1ccc(S(=O)(=O)OC[C@@H]2N=C(c3ccccc3)O[C@H]2c2ccccc2)cc1. The molecule has 3 aromatic carbocycles. The Labute approximate surface area is 170 Å². The van der Waals surface area contributed by atoms with Crippen molar-refractivity contribution in [3.05, 3.63) is 102 Å². The normalized spacial score (nSPS) is 18.9. The standard InChI is InChI=1S/C23H21NO4S/c1-17-12-14-20(15-13-17)29(25,26)27-16-21-22(18-8-4-2-5-9-18)28-23(24-21)19-10-6-3-7-11-19/h2-15,21-22H,16H2,1H3/t21-,22-/m0/s1. The molecule has 5 nitrogen and oxygen atoms in total. The number of aliphatic imine (C=N–C) groups is 1. The van der Waals surface area contributed by atoms with Gasteiger partial charge in [0.2, 0.25) is 5.90 Å². The van der Waals surface area contributed by atoms with Crippen LogP contribution in [0.25, 0.3) is 0 Å². The van der Waals surface area contributed by atoms with Gasteiger partial charge in [-0.05, 0) is 36.8 Å². The van der Waals surface area contributed by atoms with Crippen molar-refractivity contribution >= 4 is 16.0 Å². The molecule has 0 saturated carbocycles. The molecule has 0 N–H and O–H groups in total. The second-order valence-electron chi connectivity index (χ2n) is 6.87. The number of hydrogen-bond donors (Lipinski definition) is 0. The van der Waals surface area contributed by atoms with Crippen LogP contribution in [0.4, 0.5) is 0 Å². The Morgan fingerprint density at radius 1 is 0.897 bits per heavy atom. The van der Waals surface area contributed by atoms with Crippen LogP contribution in [-0.2, 0) is 19.0 Å². The highest BCUT2D eigenvalue weighted by Gasteiger charge is 2.34. The van der Waals surface area contributed by atoms with Gasteiger partial charge in [0, 0.05) is 5.56 Å². The number of aryl methyl sites for hydroxylation is 1. The molecule has 6 heteroatoms. The van der Waals surface area contributed by atoms with Crippen LogP contribution < -0.4 is 0 Å². The van der Waals surface area contributed by atoms with Gasteiger partial charge in [-0.3, -0.25) is 4.18 Å². The van der Waals surface area contributed by atoms with E-state index in [0.717, 1.165) is 16.7 Å². The molecule has 1 aliphatic heterocycles. The van der Waals surface area contributed by atoms with Crippen LogP contribution in [0.3, 0.4) is 0 Å². The zero-order valence-electron chi connectivity index (χ0n) is 15.9. The predicted molar refractivity (Wildman–Crippen MR) is 111 cm³/mol. The van der Waals surface area contributed by atoms with E-state index in [-0.39, 0.29) is 11.5 Å². The third-order valence-corrected chi connectivity index (χ3v) is 6.02. The minimum Gasteiger partial charge on any atom is -0.467 e. The summed E-state index contributed by atoms with van der Waals surface area (Å²) in [6.45, 7) is 1.80. The van der Waals surface area contributed by atoms with Crippen molar-refractivity contribution in [2.75, 3.05) is 6.61 Å². The zero-order chi connectivity index (χ0) is 20.3. The maximum absolute atomic E-state index is 12.6. The summed E-state index contributed by atoms with van der Waals surface area (Å²) in [5.41, 5.74) is 2.75. The molecule has 0 amide bonds. The Morgan fingerprint density at radius 2 is 1.52 bits per heavy atom. The Balaban J connectivity index is 1.58. The second-order valence-corrected chi connectivity index (χ2v) is 8.48. The van der Waals surface area contributed by atoms with Crippen LogP contribution in [-0.4, -0.2) is 27.0 Å². The van der Waals surface area contributed by atoms with E-state index in [0.29, 0.717) is 5.90 Å². The first-order valence-electron chi connectivity index (χ1n) is 9.34. The van der Waals surface area contributed by atoms with Gasteiger partial charge in [-0.25, -0.2) is 4.99 Å². The third kappa shape index (κ3) is 4.39. The molecule has 0 aromatic heterocycles. The third-order valence-electron chi connectivity index (χ3n) is 4.72. The van der Waals surface area contributed by atoms with E-state index in [2.05, 4.69) is 4.99 Å². The van der Waals surface area contributed by atoms with Gasteiger partial charge in [0.15, 0.2) is 6.10 Å². The van der Waals surface area contributed by atoms with E-state index in [9.17, 15) is 8.42 Å². The molecule has 4 rings (SSSR count). The fourth-order valence-corrected chi connectivity index (χ4v) is 4.08. The van der Waals surface area contributed by atoms with Crippen LogP contribution in [0, 0.1) is 6.92 Å². The molecule has 1 heterocycles. The van der Waals surface area contributed by atoms with Crippen LogP contribution in [0.15, 0.2) is 94.8 Å². The first kappa shape index (κ1) is 19.4. The molecule has 0 aliphatic carbocycles. The van der Waals surface area contributed by atoms with Gasteiger partial charge in [0.25, 0.3) is 10.1 Å². The van der Waals surface area contributed by atoms with Crippen molar-refractivity contribution in [3.8, 4) is 0 Å². The second kappa shape index (κ2) is 8.19. The van der Waals surface area contributed by atoms with E-state index in [1.807, 2.05) is 67.6 Å². The summed E-state index contributed by atoms with van der Waals surface area (Å²) in [7, 11) is -3.88. The fraction of sp³-hybridized carbons (Fsp3) is 0.174. The summed E-state index contributed by atoms with van der Waals surface area (Å²) in [5.74, 6) is 0.487. The zero-order valence-corrected chi connectivity index (χ0v) is 16.7. The molecule has 0 bridgehead atoms. The molecule has 148 valence electrons. The lowest BCUT2D eigenvalue weighted by atomic mass is 10.0. The Bertz CT molecular complexity index is 1090. The molecule has 29 heavy (non-hydrogen) atoms. The van der Waals surface area contributed by atoms with Gasteiger partial charge in [-0.15, -0.1) is 0 Å². The van der Waals surface area contributed by atoms with E-state index < -0.39 is 22.3 Å². The minimum atomic E-state index is -3.88. The largest absolute Gasteiger partial charge is 0.467 e. The van der Waals surface area contributed by atoms with Crippen molar-refractivity contribution in [2.24, 2.45) is 4.99 Å². The van der Waals surface area contributed by atoms with Crippen LogP contribution in [0.1, 0.15) is 22.8 Å². The average molecular weight is 407 g/mol. The van der Waals surface area contributed by atoms with Crippen LogP contribution >= 0.6 is 0 Å². The number of ether oxygens (including phenoxy) is 1. The Hall–Kier alpha value is -2.96. The van der Waals surface area contributed by atoms with Crippen LogP contribution in [0.5, 0.6) is 0 Å². The summed E-state index contributed by atoms with van der Waals surface area (Å²) < 4.78 is 36.6. The van der Waals surface area contributed by atoms with E-state index in [1.54, 1.807) is 24.3 Å². The lowest BCUT2D eigenvalue weighted by Gasteiger charge is -2.18. The Kier molecular flexibility index (Phi) is 5.47. The van der Waals surface area contributed by atoms with Crippen molar-refractivity contribution < 1.29 is 17.3 Å². The lowest BCUT2D eigenvalue weighted by Crippen LogP contribution is -2.22. The van der Waals surface area contributed by atoms with Gasteiger partial charge < -0.3 is 4.74 Å². The van der Waals surface area contributed by atoms with Crippen molar-refractivity contribution in [2.45, 2.75) is 24.0 Å². The first-order chi connectivity index (χ1) is 14.0. The summed E-state index contributed by atoms with van der Waals surface area (Å²) in [6, 6.07) is 25.3. The molecule has 0 unspecified atom stereocenters. The molecular formula is C23H21NO4S. The quantitative estimate of drug-likeness (QED) is 0.572. The maximum atomic E-state index is 12.6. The van der Waals surface area contributed by atoms with Crippen LogP contribution in [0.2, 0.25) is 0 Å². The van der Waals surface area contributed by atoms with Gasteiger partial charge in [0.1, 0.15) is 6.04 Å². The highest BCUT2D eigenvalue weighted by atomic mass is 32.2. The first-order valence-corrected chi connectivity index (χ1v) is 10.7. The minimum absolute atomic E-state index is 0.105. The van der Waals surface area contributed by atoms with Gasteiger partial charge in [0.05, 0.1) is 11.5 Å². The lowest BCUT2D eigenvalue weighted by molar-refractivity contribution is 0.162. The molecule has 2 atom stereocenters. The highest BCUT2D eigenvalue weighted by Crippen LogP contribution is 2.32. The molecule has 3 aromatic rings. The molecular weight excluding hydrogens is 386 g/mol. The molecule has 1 aliphatic rings. The van der Waals surface area contributed by atoms with Crippen molar-refractivity contribution in [3.63, 3.8) is 0 Å². The summed E-state index contributed by atoms with van der Waals surface area (Å²) in [4.78, 5) is 4.76. The van der Waals surface area contributed by atoms with Gasteiger partial charge >= 0.3 is 0 Å². The summed E-state index contributed by atoms with van der Waals surface area (Å²) >= 11 is 0. The topological polar surface area (TPSA) is 65.0 Å². The maximum Gasteiger partial charge on any atom is 0.297 e. The fourth-order valence-electron chi connectivity index (χ4n) is 3.16. The smallest absolute Gasteiger partial charge is 0.297 e. The number of benzene rings is 3. The molecule has 0 spiro atoms. The molecule has 0 radical (unpaired) electrons. The highest BCUT2D eigenvalue weighted by molar-refractivity contribution is 7.86. The number of nitrogens with zero attached hydrogens (tertiary/aromatic N) is 1. The van der Waals surface area contributed by atoms with Crippen molar-refractivity contribution in [1.82, 2.24) is 0 Å². The number of rotatable bonds is 6. The van der Waals surface area contributed by atoms with E-state index in [4.69, 9.17) is 8.92 Å². The number of hydrogen-bond acceptors (Lipinski definition) is 5. The summed E-state index contributed by atoms with van der Waals surface area (Å²) in [5, 5.41) is 0. The van der Waals surface area contributed by atoms with Gasteiger partial charge in [-0.2, -0.15) is 8.42 Å². The van der Waals surface area contributed by atoms with E-state index in [1.165, 1.54) is 0 Å². The van der Waals surface area contributed by atoms with Gasteiger partial charge in [-0.1, -0.05) is 66.2 Å². The molecule has 0 saturated heterocycles. The molecule has 0 fully saturated rings. The Morgan fingerprint density at radius 3 is 2.17 bits per heavy atom. The monoisotopic (exact) mass is 407 g/mol. The van der Waals surface area contributed by atoms with Crippen molar-refractivity contribution in [1.29, 1.82) is 0 Å². The average Bonchev–Trinajstić information content (AvgIpc) is 3.18. The van der Waals surface area contributed by atoms with E-state index >= 15 is 0 Å². The summed E-state index contributed by atoms with van der Waals surface area (Å²) in [6.07, 6.45) is -0.417. The predicted octanol–water partition coefficient (Wildman–Crippen LogP) is 4.29.